The summed E-state index contributed by atoms with van der Waals surface area (Å²) in [5.74, 6) is 0. The van der Waals surface area contributed by atoms with Crippen LogP contribution in [0.3, 0.4) is 0 Å². The molecule has 0 aromatic rings. The molecule has 0 aromatic heterocycles. The van der Waals surface area contributed by atoms with Gasteiger partial charge in [-0.1, -0.05) is 0 Å². The number of allylic oxidation sites excluding steroid dienone is 1. The maximum Gasteiger partial charge on any atom is 0.0587 e. The Labute approximate surface area is 48.6 Å². The second-order valence-electron chi connectivity index (χ2n) is 1.44. The first-order valence-corrected chi connectivity index (χ1v) is 2.56. The van der Waals surface area contributed by atoms with Gasteiger partial charge < -0.3 is 5.32 Å². The smallest absolute Gasteiger partial charge is 0.0587 e. The molecule has 0 aliphatic carbocycles. The summed E-state index contributed by atoms with van der Waals surface area (Å²) in [5.41, 5.74) is 0. The van der Waals surface area contributed by atoms with Crippen molar-refractivity contribution in [1.29, 1.82) is 0 Å². The van der Waals surface area contributed by atoms with E-state index in [1.165, 1.54) is 0 Å². The molecule has 0 unspecified atom stereocenters. The second kappa shape index (κ2) is 3.02. The largest absolute Gasteiger partial charge is 0.368 e. The molecule has 0 saturated heterocycles. The second-order valence-corrected chi connectivity index (χ2v) is 1.44. The molecule has 8 heavy (non-hydrogen) atoms. The summed E-state index contributed by atoms with van der Waals surface area (Å²) < 4.78 is 0. The fourth-order valence-corrected chi connectivity index (χ4v) is 0.457. The summed E-state index contributed by atoms with van der Waals surface area (Å²) >= 11 is 0. The molecule has 1 aliphatic rings. The van der Waals surface area contributed by atoms with Gasteiger partial charge in [0, 0.05) is 12.4 Å². The van der Waals surface area contributed by atoms with Crippen molar-refractivity contribution in [1.82, 2.24) is 5.32 Å². The topological polar surface area (TPSA) is 24.4 Å². The zero-order valence-corrected chi connectivity index (χ0v) is 4.54. The van der Waals surface area contributed by atoms with Crippen LogP contribution in [0.4, 0.5) is 0 Å². The summed E-state index contributed by atoms with van der Waals surface area (Å²) in [6.07, 6.45) is 9.30. The highest BCUT2D eigenvalue weighted by Gasteiger charge is 1.72. The minimum absolute atomic E-state index is 0.775. The van der Waals surface area contributed by atoms with Crippen LogP contribution in [0.2, 0.25) is 0 Å². The molecule has 0 saturated carbocycles. The summed E-state index contributed by atoms with van der Waals surface area (Å²) in [6, 6.07) is 0. The SMILES string of the molecule is C1=CN/C=C\CN=C1. The van der Waals surface area contributed by atoms with Gasteiger partial charge in [0.1, 0.15) is 0 Å². The molecule has 0 aromatic carbocycles. The fraction of sp³-hybridized carbons (Fsp3) is 0.167. The van der Waals surface area contributed by atoms with Crippen LogP contribution >= 0.6 is 0 Å². The van der Waals surface area contributed by atoms with E-state index in [9.17, 15) is 0 Å². The molecule has 1 N–H and O–H groups in total. The van der Waals surface area contributed by atoms with Crippen LogP contribution in [0, 0.1) is 0 Å². The highest BCUT2D eigenvalue weighted by molar-refractivity contribution is 5.71. The molecule has 0 spiro atoms. The predicted octanol–water partition coefficient (Wildman–Crippen LogP) is 0.688. The van der Waals surface area contributed by atoms with Gasteiger partial charge in [0.25, 0.3) is 0 Å². The average Bonchev–Trinajstić information content (AvgIpc) is 1.62. The minimum Gasteiger partial charge on any atom is -0.368 e. The first-order chi connectivity index (χ1) is 4.00. The summed E-state index contributed by atoms with van der Waals surface area (Å²) in [7, 11) is 0. The summed E-state index contributed by atoms with van der Waals surface area (Å²) in [6.45, 7) is 0.775. The Kier molecular flexibility index (Phi) is 1.92. The first-order valence-electron chi connectivity index (χ1n) is 2.56. The number of hydrogen-bond donors (Lipinski definition) is 1. The van der Waals surface area contributed by atoms with Crippen LogP contribution in [0.5, 0.6) is 0 Å². The van der Waals surface area contributed by atoms with E-state index in [0.717, 1.165) is 6.54 Å². The maximum atomic E-state index is 3.99. The van der Waals surface area contributed by atoms with E-state index >= 15 is 0 Å². The normalized spacial score (nSPS) is 21.0. The molecule has 1 heterocycles. The fourth-order valence-electron chi connectivity index (χ4n) is 0.457. The first kappa shape index (κ1) is 5.09. The molecular formula is C6H8N2. The van der Waals surface area contributed by atoms with Crippen molar-refractivity contribution in [3.8, 4) is 0 Å². The Morgan fingerprint density at radius 1 is 1.38 bits per heavy atom. The van der Waals surface area contributed by atoms with Crippen LogP contribution in [-0.4, -0.2) is 12.8 Å². The van der Waals surface area contributed by atoms with E-state index < -0.39 is 0 Å². The molecule has 0 radical (unpaired) electrons. The average molecular weight is 108 g/mol. The molecule has 42 valence electrons. The third-order valence-corrected chi connectivity index (χ3v) is 0.809. The van der Waals surface area contributed by atoms with Crippen LogP contribution in [-0.2, 0) is 0 Å². The lowest BCUT2D eigenvalue weighted by Gasteiger charge is -1.89. The number of hydrogen-bond acceptors (Lipinski definition) is 2. The van der Waals surface area contributed by atoms with E-state index in [1.807, 2.05) is 24.6 Å². The van der Waals surface area contributed by atoms with Crippen molar-refractivity contribution in [2.24, 2.45) is 4.99 Å². The van der Waals surface area contributed by atoms with Gasteiger partial charge in [-0.05, 0) is 18.4 Å². The summed E-state index contributed by atoms with van der Waals surface area (Å²) in [4.78, 5) is 3.99. The van der Waals surface area contributed by atoms with Crippen molar-refractivity contribution < 1.29 is 0 Å². The standard InChI is InChI=1S/C6H8N2/c1-3-7-5-2-6-8-4-1/h1-5,7H,6H2/b3-1?,5-2-,8-4?. The monoisotopic (exact) mass is 108 g/mol. The number of aliphatic imine (C=N–C) groups is 1. The van der Waals surface area contributed by atoms with E-state index in [1.54, 1.807) is 6.21 Å². The van der Waals surface area contributed by atoms with E-state index in [2.05, 4.69) is 10.3 Å². The lowest BCUT2D eigenvalue weighted by atomic mass is 10.5. The van der Waals surface area contributed by atoms with Gasteiger partial charge in [-0.2, -0.15) is 0 Å². The molecule has 2 nitrogen and oxygen atoms in total. The van der Waals surface area contributed by atoms with Crippen molar-refractivity contribution in [3.63, 3.8) is 0 Å². The van der Waals surface area contributed by atoms with Gasteiger partial charge in [0.15, 0.2) is 0 Å². The number of nitrogens with one attached hydrogen (secondary N) is 1. The molecule has 1 rings (SSSR count). The van der Waals surface area contributed by atoms with E-state index in [4.69, 9.17) is 0 Å². The lowest BCUT2D eigenvalue weighted by molar-refractivity contribution is 1.14. The Hall–Kier alpha value is -1.05. The Bertz CT molecular complexity index is 117. The Morgan fingerprint density at radius 2 is 2.38 bits per heavy atom. The van der Waals surface area contributed by atoms with Gasteiger partial charge >= 0.3 is 0 Å². The van der Waals surface area contributed by atoms with Gasteiger partial charge in [-0.25, -0.2) is 0 Å². The van der Waals surface area contributed by atoms with Gasteiger partial charge in [-0.15, -0.1) is 0 Å². The van der Waals surface area contributed by atoms with Gasteiger partial charge in [0.05, 0.1) is 6.54 Å². The molecule has 0 fully saturated rings. The third-order valence-electron chi connectivity index (χ3n) is 0.809. The van der Waals surface area contributed by atoms with Crippen molar-refractivity contribution in [2.75, 3.05) is 6.54 Å². The highest BCUT2D eigenvalue weighted by atomic mass is 14.8. The molecule has 1 aliphatic heterocycles. The maximum absolute atomic E-state index is 3.99. The quantitative estimate of drug-likeness (QED) is 0.485. The zero-order chi connectivity index (χ0) is 5.66. The van der Waals surface area contributed by atoms with Crippen LogP contribution in [0.15, 0.2) is 29.5 Å². The molecule has 0 amide bonds. The van der Waals surface area contributed by atoms with Crippen LogP contribution in [0.1, 0.15) is 0 Å². The van der Waals surface area contributed by atoms with Crippen LogP contribution < -0.4 is 5.32 Å². The highest BCUT2D eigenvalue weighted by Crippen LogP contribution is 1.76. The Balaban J connectivity index is 2.51. The minimum atomic E-state index is 0.775. The van der Waals surface area contributed by atoms with Crippen LogP contribution in [0.25, 0.3) is 0 Å². The molecular weight excluding hydrogens is 100 g/mol. The molecule has 0 atom stereocenters. The number of rotatable bonds is 0. The molecule has 0 bridgehead atoms. The van der Waals surface area contributed by atoms with Gasteiger partial charge in [-0.3, -0.25) is 4.99 Å². The Morgan fingerprint density at radius 3 is 3.38 bits per heavy atom. The van der Waals surface area contributed by atoms with E-state index in [-0.39, 0.29) is 0 Å². The van der Waals surface area contributed by atoms with Gasteiger partial charge in [0.2, 0.25) is 0 Å². The number of nitrogens with zero attached hydrogens (tertiary/aromatic N) is 1. The zero-order valence-electron chi connectivity index (χ0n) is 4.54. The lowest BCUT2D eigenvalue weighted by Crippen LogP contribution is -1.93. The predicted molar refractivity (Wildman–Crippen MR) is 34.8 cm³/mol. The van der Waals surface area contributed by atoms with Crippen molar-refractivity contribution in [3.05, 3.63) is 24.6 Å². The third kappa shape index (κ3) is 1.60. The van der Waals surface area contributed by atoms with Crippen molar-refractivity contribution >= 4 is 6.21 Å². The van der Waals surface area contributed by atoms with E-state index in [0.29, 0.717) is 0 Å². The molecule has 2 heteroatoms. The van der Waals surface area contributed by atoms with Crippen molar-refractivity contribution in [2.45, 2.75) is 0 Å². The summed E-state index contributed by atoms with van der Waals surface area (Å²) in [5, 5.41) is 2.93.